The molecule has 0 aromatic heterocycles. The fourth-order valence-corrected chi connectivity index (χ4v) is 5.31. The summed E-state index contributed by atoms with van der Waals surface area (Å²) in [6, 6.07) is 14.0. The van der Waals surface area contributed by atoms with Gasteiger partial charge in [-0.2, -0.15) is 4.31 Å². The largest absolute Gasteiger partial charge is 0.326 e. The van der Waals surface area contributed by atoms with Crippen LogP contribution in [0.1, 0.15) is 36.8 Å². The predicted molar refractivity (Wildman–Crippen MR) is 107 cm³/mol. The van der Waals surface area contributed by atoms with Gasteiger partial charge in [0, 0.05) is 24.7 Å². The lowest BCUT2D eigenvalue weighted by Crippen LogP contribution is -2.45. The summed E-state index contributed by atoms with van der Waals surface area (Å²) >= 11 is 0. The third-order valence-electron chi connectivity index (χ3n) is 5.00. The van der Waals surface area contributed by atoms with Crippen LogP contribution in [0.15, 0.2) is 53.4 Å². The van der Waals surface area contributed by atoms with Gasteiger partial charge in [0.25, 0.3) is 0 Å². The molecule has 1 N–H and O–H groups in total. The Labute approximate surface area is 161 Å². The molecule has 0 bridgehead atoms. The number of sulfonamides is 1. The molecule has 0 saturated carbocycles. The van der Waals surface area contributed by atoms with Crippen LogP contribution in [-0.2, 0) is 14.8 Å². The van der Waals surface area contributed by atoms with E-state index in [-0.39, 0.29) is 23.3 Å². The van der Waals surface area contributed by atoms with E-state index in [0.717, 1.165) is 29.7 Å². The number of anilines is 1. The van der Waals surface area contributed by atoms with E-state index < -0.39 is 10.0 Å². The van der Waals surface area contributed by atoms with Gasteiger partial charge in [0.1, 0.15) is 0 Å². The Morgan fingerprint density at radius 2 is 1.85 bits per heavy atom. The molecule has 1 fully saturated rings. The van der Waals surface area contributed by atoms with E-state index in [9.17, 15) is 13.2 Å². The minimum absolute atomic E-state index is 0.151. The summed E-state index contributed by atoms with van der Waals surface area (Å²) in [4.78, 5) is 12.9. The maximum atomic E-state index is 13.0. The molecule has 3 rings (SSSR count). The van der Waals surface area contributed by atoms with Crippen LogP contribution in [0.3, 0.4) is 0 Å². The molecule has 1 amide bonds. The number of hydrogen-bond donors (Lipinski definition) is 1. The second-order valence-electron chi connectivity index (χ2n) is 7.15. The van der Waals surface area contributed by atoms with Gasteiger partial charge in [-0.3, -0.25) is 4.79 Å². The van der Waals surface area contributed by atoms with Crippen molar-refractivity contribution in [2.45, 2.75) is 50.5 Å². The summed E-state index contributed by atoms with van der Waals surface area (Å²) in [5.41, 5.74) is 2.91. The van der Waals surface area contributed by atoms with Crippen LogP contribution < -0.4 is 5.32 Å². The second-order valence-corrected chi connectivity index (χ2v) is 9.04. The fraction of sp³-hybridized carbons (Fsp3) is 0.381. The average molecular weight is 387 g/mol. The maximum absolute atomic E-state index is 13.0. The van der Waals surface area contributed by atoms with Crippen LogP contribution in [0.4, 0.5) is 5.69 Å². The third kappa shape index (κ3) is 4.57. The number of hydrogen-bond acceptors (Lipinski definition) is 3. The van der Waals surface area contributed by atoms with Crippen molar-refractivity contribution in [3.8, 4) is 0 Å². The lowest BCUT2D eigenvalue weighted by atomic mass is 10.0. The molecule has 27 heavy (non-hydrogen) atoms. The normalized spacial score (nSPS) is 18.2. The number of aryl methyl sites for hydroxylation is 2. The van der Waals surface area contributed by atoms with Crippen LogP contribution in [-0.4, -0.2) is 31.2 Å². The van der Waals surface area contributed by atoms with Crippen LogP contribution in [0.2, 0.25) is 0 Å². The van der Waals surface area contributed by atoms with Crippen molar-refractivity contribution in [2.24, 2.45) is 0 Å². The Kier molecular flexibility index (Phi) is 5.97. The quantitative estimate of drug-likeness (QED) is 0.848. The van der Waals surface area contributed by atoms with Crippen molar-refractivity contribution in [2.75, 3.05) is 11.9 Å². The number of piperidine rings is 1. The van der Waals surface area contributed by atoms with Crippen molar-refractivity contribution in [3.05, 3.63) is 59.7 Å². The van der Waals surface area contributed by atoms with Crippen molar-refractivity contribution in [3.63, 3.8) is 0 Å². The number of benzene rings is 2. The average Bonchev–Trinajstić information content (AvgIpc) is 2.65. The van der Waals surface area contributed by atoms with Crippen LogP contribution in [0.5, 0.6) is 0 Å². The molecule has 0 spiro atoms. The minimum Gasteiger partial charge on any atom is -0.326 e. The van der Waals surface area contributed by atoms with E-state index in [4.69, 9.17) is 0 Å². The first-order valence-electron chi connectivity index (χ1n) is 9.32. The Bertz CT molecular complexity index is 910. The molecule has 5 nitrogen and oxygen atoms in total. The lowest BCUT2D eigenvalue weighted by molar-refractivity contribution is -0.117. The van der Waals surface area contributed by atoms with E-state index in [0.29, 0.717) is 13.0 Å². The van der Waals surface area contributed by atoms with Gasteiger partial charge in [-0.1, -0.05) is 42.3 Å². The SMILES string of the molecule is Cc1ccc(NC(=O)CC2CCCCN2S(=O)(=O)c2ccccc2)c(C)c1. The number of nitrogens with one attached hydrogen (secondary N) is 1. The van der Waals surface area contributed by atoms with Crippen LogP contribution >= 0.6 is 0 Å². The molecule has 1 unspecified atom stereocenters. The maximum Gasteiger partial charge on any atom is 0.243 e. The van der Waals surface area contributed by atoms with Crippen LogP contribution in [0, 0.1) is 13.8 Å². The van der Waals surface area contributed by atoms with Gasteiger partial charge in [0.15, 0.2) is 0 Å². The highest BCUT2D eigenvalue weighted by molar-refractivity contribution is 7.89. The molecule has 144 valence electrons. The fourth-order valence-electron chi connectivity index (χ4n) is 3.59. The number of rotatable bonds is 5. The topological polar surface area (TPSA) is 66.5 Å². The predicted octanol–water partition coefficient (Wildman–Crippen LogP) is 3.88. The van der Waals surface area contributed by atoms with Gasteiger partial charge < -0.3 is 5.32 Å². The van der Waals surface area contributed by atoms with Crippen LogP contribution in [0.25, 0.3) is 0 Å². The molecule has 2 aromatic rings. The van der Waals surface area contributed by atoms with E-state index in [1.165, 1.54) is 4.31 Å². The summed E-state index contributed by atoms with van der Waals surface area (Å²) < 4.78 is 27.6. The van der Waals surface area contributed by atoms with Gasteiger partial charge >= 0.3 is 0 Å². The Morgan fingerprint density at radius 3 is 2.56 bits per heavy atom. The summed E-state index contributed by atoms with van der Waals surface area (Å²) in [5, 5.41) is 2.94. The van der Waals surface area contributed by atoms with Gasteiger partial charge in [0.05, 0.1) is 4.90 Å². The molecule has 1 saturated heterocycles. The van der Waals surface area contributed by atoms with E-state index >= 15 is 0 Å². The summed E-state index contributed by atoms with van der Waals surface area (Å²) in [6.07, 6.45) is 2.62. The molecule has 1 atom stereocenters. The zero-order chi connectivity index (χ0) is 19.4. The highest BCUT2D eigenvalue weighted by Crippen LogP contribution is 2.27. The molecule has 1 aliphatic heterocycles. The molecule has 0 radical (unpaired) electrons. The Morgan fingerprint density at radius 1 is 1.11 bits per heavy atom. The first-order valence-corrected chi connectivity index (χ1v) is 10.8. The van der Waals surface area contributed by atoms with Gasteiger partial charge in [0.2, 0.25) is 15.9 Å². The number of nitrogens with zero attached hydrogens (tertiary/aromatic N) is 1. The number of amides is 1. The van der Waals surface area contributed by atoms with E-state index in [2.05, 4.69) is 5.32 Å². The minimum atomic E-state index is -3.59. The first kappa shape index (κ1) is 19.6. The van der Waals surface area contributed by atoms with Gasteiger partial charge in [-0.05, 0) is 50.5 Å². The number of carbonyl (C=O) groups excluding carboxylic acids is 1. The molecule has 1 heterocycles. The Hall–Kier alpha value is -2.18. The zero-order valence-corrected chi connectivity index (χ0v) is 16.6. The zero-order valence-electron chi connectivity index (χ0n) is 15.8. The van der Waals surface area contributed by atoms with Crippen molar-refractivity contribution in [1.29, 1.82) is 0 Å². The summed E-state index contributed by atoms with van der Waals surface area (Å²) in [5.74, 6) is -0.151. The first-order chi connectivity index (χ1) is 12.9. The van der Waals surface area contributed by atoms with Gasteiger partial charge in [-0.25, -0.2) is 8.42 Å². The summed E-state index contributed by atoms with van der Waals surface area (Å²) in [7, 11) is -3.59. The smallest absolute Gasteiger partial charge is 0.243 e. The standard InChI is InChI=1S/C21H26N2O3S/c1-16-11-12-20(17(2)14-16)22-21(24)15-18-8-6-7-13-23(18)27(25,26)19-9-4-3-5-10-19/h3-5,9-12,14,18H,6-8,13,15H2,1-2H3,(H,22,24). The van der Waals surface area contributed by atoms with Gasteiger partial charge in [-0.15, -0.1) is 0 Å². The highest BCUT2D eigenvalue weighted by Gasteiger charge is 2.34. The highest BCUT2D eigenvalue weighted by atomic mass is 32.2. The lowest BCUT2D eigenvalue weighted by Gasteiger charge is -2.34. The molecule has 2 aromatic carbocycles. The molecule has 1 aliphatic rings. The van der Waals surface area contributed by atoms with Crippen molar-refractivity contribution in [1.82, 2.24) is 4.31 Å². The van der Waals surface area contributed by atoms with Crippen molar-refractivity contribution >= 4 is 21.6 Å². The van der Waals surface area contributed by atoms with E-state index in [1.807, 2.05) is 32.0 Å². The van der Waals surface area contributed by atoms with E-state index in [1.54, 1.807) is 30.3 Å². The molecular formula is C21H26N2O3S. The molecule has 6 heteroatoms. The second kappa shape index (κ2) is 8.23. The molecule has 0 aliphatic carbocycles. The molecular weight excluding hydrogens is 360 g/mol. The van der Waals surface area contributed by atoms with Crippen molar-refractivity contribution < 1.29 is 13.2 Å². The monoisotopic (exact) mass is 386 g/mol. The summed E-state index contributed by atoms with van der Waals surface area (Å²) in [6.45, 7) is 4.42. The third-order valence-corrected chi connectivity index (χ3v) is 6.97. The number of carbonyl (C=O) groups is 1. The Balaban J connectivity index is 1.75.